The summed E-state index contributed by atoms with van der Waals surface area (Å²) >= 11 is 2.64. The zero-order valence-electron chi connectivity index (χ0n) is 17.7. The lowest BCUT2D eigenvalue weighted by Crippen LogP contribution is -2.57. The molecule has 0 saturated heterocycles. The maximum Gasteiger partial charge on any atom is 0.186 e. The zero-order chi connectivity index (χ0) is 21.1. The quantitative estimate of drug-likeness (QED) is 0.632. The number of carbonyl (C=O) groups is 4. The van der Waals surface area contributed by atoms with Crippen molar-refractivity contribution in [3.8, 4) is 0 Å². The highest BCUT2D eigenvalue weighted by Gasteiger charge is 2.63. The molecule has 4 aliphatic carbocycles. The van der Waals surface area contributed by atoms with Gasteiger partial charge < -0.3 is 0 Å². The third-order valence-corrected chi connectivity index (χ3v) is 10.7. The van der Waals surface area contributed by atoms with E-state index in [4.69, 9.17) is 0 Å². The lowest BCUT2D eigenvalue weighted by Gasteiger charge is -2.60. The first-order valence-corrected chi connectivity index (χ1v) is 12.5. The van der Waals surface area contributed by atoms with Crippen LogP contribution in [0.5, 0.6) is 0 Å². The average molecular weight is 435 g/mol. The molecule has 29 heavy (non-hydrogen) atoms. The molecular weight excluding hydrogens is 404 g/mol. The van der Waals surface area contributed by atoms with Crippen LogP contribution >= 0.6 is 23.5 Å². The minimum atomic E-state index is -0.284. The number of hydrogen-bond donors (Lipinski definition) is 0. The van der Waals surface area contributed by atoms with Gasteiger partial charge >= 0.3 is 0 Å². The number of hydrogen-bond acceptors (Lipinski definition) is 6. The largest absolute Gasteiger partial charge is 0.299 e. The van der Waals surface area contributed by atoms with Gasteiger partial charge in [-0.25, -0.2) is 0 Å². The predicted molar refractivity (Wildman–Crippen MR) is 117 cm³/mol. The molecule has 0 N–H and O–H groups in total. The highest BCUT2D eigenvalue weighted by Crippen LogP contribution is 2.66. The van der Waals surface area contributed by atoms with E-state index in [2.05, 4.69) is 13.8 Å². The molecule has 0 radical (unpaired) electrons. The fraction of sp³-hybridized carbons (Fsp3) is 0.739. The fourth-order valence-corrected chi connectivity index (χ4v) is 9.42. The molecule has 0 bridgehead atoms. The van der Waals surface area contributed by atoms with Gasteiger partial charge in [0.1, 0.15) is 5.78 Å². The van der Waals surface area contributed by atoms with Crippen LogP contribution in [0, 0.1) is 28.6 Å². The van der Waals surface area contributed by atoms with Crippen LogP contribution in [0.3, 0.4) is 0 Å². The zero-order valence-corrected chi connectivity index (χ0v) is 19.3. The summed E-state index contributed by atoms with van der Waals surface area (Å²) in [6.07, 6.45) is 6.49. The van der Waals surface area contributed by atoms with E-state index in [1.54, 1.807) is 19.9 Å². The van der Waals surface area contributed by atoms with E-state index in [9.17, 15) is 19.2 Å². The van der Waals surface area contributed by atoms with Gasteiger partial charge in [-0.05, 0) is 55.1 Å². The number of carbonyl (C=O) groups excluding carboxylic acids is 4. The average Bonchev–Trinajstić information content (AvgIpc) is 2.91. The fourth-order valence-electron chi connectivity index (χ4n) is 7.04. The van der Waals surface area contributed by atoms with Crippen molar-refractivity contribution in [2.45, 2.75) is 76.7 Å². The Hall–Kier alpha value is -0.880. The summed E-state index contributed by atoms with van der Waals surface area (Å²) in [6, 6.07) is 0. The van der Waals surface area contributed by atoms with E-state index in [0.29, 0.717) is 36.4 Å². The van der Waals surface area contributed by atoms with Gasteiger partial charge in [-0.3, -0.25) is 19.2 Å². The second-order valence-corrected chi connectivity index (χ2v) is 12.5. The van der Waals surface area contributed by atoms with E-state index < -0.39 is 0 Å². The van der Waals surface area contributed by atoms with Crippen LogP contribution in [0.25, 0.3) is 0 Å². The van der Waals surface area contributed by atoms with Crippen molar-refractivity contribution in [1.82, 2.24) is 0 Å². The Balaban J connectivity index is 1.81. The number of Topliss-reactive ketones (excluding diaryl/α,β-unsaturated/α-hetero) is 1. The van der Waals surface area contributed by atoms with Crippen molar-refractivity contribution in [2.75, 3.05) is 0 Å². The first-order valence-electron chi connectivity index (χ1n) is 10.7. The van der Waals surface area contributed by atoms with E-state index >= 15 is 0 Å². The lowest BCUT2D eigenvalue weighted by atomic mass is 9.47. The molecule has 0 amide bonds. The van der Waals surface area contributed by atoms with Gasteiger partial charge in [0.2, 0.25) is 0 Å². The smallest absolute Gasteiger partial charge is 0.186 e. The van der Waals surface area contributed by atoms with Crippen LogP contribution < -0.4 is 0 Å². The second-order valence-electron chi connectivity index (χ2n) is 9.78. The Labute approximate surface area is 181 Å². The highest BCUT2D eigenvalue weighted by molar-refractivity contribution is 8.14. The summed E-state index contributed by atoms with van der Waals surface area (Å²) in [5.41, 5.74) is 0.548. The Kier molecular flexibility index (Phi) is 5.42. The molecule has 0 aromatic carbocycles. The van der Waals surface area contributed by atoms with Crippen molar-refractivity contribution in [3.63, 3.8) is 0 Å². The van der Waals surface area contributed by atoms with Gasteiger partial charge in [0.25, 0.3) is 0 Å². The molecule has 0 aromatic heterocycles. The summed E-state index contributed by atoms with van der Waals surface area (Å²) in [6.45, 7) is 7.55. The Morgan fingerprint density at radius 2 is 1.72 bits per heavy atom. The topological polar surface area (TPSA) is 68.3 Å². The van der Waals surface area contributed by atoms with E-state index in [-0.39, 0.29) is 37.3 Å². The normalized spacial score (nSPS) is 43.9. The summed E-state index contributed by atoms with van der Waals surface area (Å²) in [5.74, 6) is 1.54. The molecule has 158 valence electrons. The van der Waals surface area contributed by atoms with Gasteiger partial charge in [-0.1, -0.05) is 37.4 Å². The Morgan fingerprint density at radius 1 is 1.03 bits per heavy atom. The maximum absolute atomic E-state index is 12.7. The van der Waals surface area contributed by atoms with Crippen molar-refractivity contribution in [3.05, 3.63) is 11.6 Å². The molecule has 4 rings (SSSR count). The van der Waals surface area contributed by atoms with Gasteiger partial charge in [-0.2, -0.15) is 0 Å². The first kappa shape index (κ1) is 21.4. The number of thioether (sulfide) groups is 2. The summed E-state index contributed by atoms with van der Waals surface area (Å²) in [7, 11) is 0. The molecule has 3 saturated carbocycles. The molecule has 4 nitrogen and oxygen atoms in total. The third-order valence-electron chi connectivity index (χ3n) is 8.36. The van der Waals surface area contributed by atoms with Crippen LogP contribution in [0.15, 0.2) is 11.6 Å². The lowest BCUT2D eigenvalue weighted by molar-refractivity contribution is -0.132. The van der Waals surface area contributed by atoms with Crippen molar-refractivity contribution >= 4 is 45.3 Å². The molecule has 0 aliphatic heterocycles. The summed E-state index contributed by atoms with van der Waals surface area (Å²) in [5, 5.41) is -0.0145. The standard InChI is InChI=1S/C23H30O4S2/c1-12(24)28-19-11-15-16-5-6-20(27)22(16,3)8-7-17(15)23(4)18(19)9-14(26)10-21(23)29-13(2)25/h9,15-17,19,21H,5-8,10-11H2,1-4H3/t15-,16-,17-,19-,21-,22-,23+/m0/s1. The summed E-state index contributed by atoms with van der Waals surface area (Å²) < 4.78 is 0. The first-order chi connectivity index (χ1) is 13.6. The summed E-state index contributed by atoms with van der Waals surface area (Å²) in [4.78, 5) is 49.4. The van der Waals surface area contributed by atoms with Crippen LogP contribution in [-0.4, -0.2) is 32.3 Å². The molecule has 7 atom stereocenters. The van der Waals surface area contributed by atoms with Crippen LogP contribution in [0.1, 0.15) is 66.2 Å². The molecule has 6 heteroatoms. The monoisotopic (exact) mass is 434 g/mol. The van der Waals surface area contributed by atoms with E-state index in [1.165, 1.54) is 23.5 Å². The Morgan fingerprint density at radius 3 is 2.38 bits per heavy atom. The van der Waals surface area contributed by atoms with Crippen LogP contribution in [-0.2, 0) is 19.2 Å². The van der Waals surface area contributed by atoms with Gasteiger partial charge in [0.05, 0.1) is 0 Å². The number of ketones is 2. The maximum atomic E-state index is 12.7. The van der Waals surface area contributed by atoms with E-state index in [1.807, 2.05) is 0 Å². The SMILES string of the molecule is CC(=O)S[C@H]1C[C@@H]2[C@H](CC[C@]3(C)C(=O)CC[C@@H]23)[C@]2(C)C1=CC(=O)C[C@@H]2SC(C)=O. The minimum absolute atomic E-state index is 0.0314. The van der Waals surface area contributed by atoms with Gasteiger partial charge in [-0.15, -0.1) is 0 Å². The molecule has 0 aromatic rings. The van der Waals surface area contributed by atoms with E-state index in [0.717, 1.165) is 31.3 Å². The highest BCUT2D eigenvalue weighted by atomic mass is 32.2. The molecule has 0 unspecified atom stereocenters. The minimum Gasteiger partial charge on any atom is -0.299 e. The van der Waals surface area contributed by atoms with Crippen LogP contribution in [0.2, 0.25) is 0 Å². The second kappa shape index (κ2) is 7.37. The van der Waals surface area contributed by atoms with Crippen molar-refractivity contribution < 1.29 is 19.2 Å². The Bertz CT molecular complexity index is 818. The molecule has 0 spiro atoms. The molecule has 3 fully saturated rings. The van der Waals surface area contributed by atoms with Gasteiger partial charge in [0.15, 0.2) is 16.0 Å². The number of rotatable bonds is 2. The van der Waals surface area contributed by atoms with Crippen LogP contribution in [0.4, 0.5) is 0 Å². The van der Waals surface area contributed by atoms with Gasteiger partial charge in [0, 0.05) is 48.0 Å². The third kappa shape index (κ3) is 3.29. The molecule has 4 aliphatic rings. The van der Waals surface area contributed by atoms with Crippen molar-refractivity contribution in [1.29, 1.82) is 0 Å². The van der Waals surface area contributed by atoms with Crippen molar-refractivity contribution in [2.24, 2.45) is 28.6 Å². The molecular formula is C23H30O4S2. The predicted octanol–water partition coefficient (Wildman–Crippen LogP) is 4.60. The number of fused-ring (bicyclic) bond motifs is 5. The molecule has 0 heterocycles.